The van der Waals surface area contributed by atoms with Crippen molar-refractivity contribution in [3.63, 3.8) is 0 Å². The summed E-state index contributed by atoms with van der Waals surface area (Å²) in [6, 6.07) is -0.0901. The van der Waals surface area contributed by atoms with Gasteiger partial charge in [-0.05, 0) is 23.9 Å². The van der Waals surface area contributed by atoms with Crippen molar-refractivity contribution in [2.24, 2.45) is 4.99 Å². The summed E-state index contributed by atoms with van der Waals surface area (Å²) < 4.78 is 6.58. The first-order valence-corrected chi connectivity index (χ1v) is 6.45. The molecule has 5 nitrogen and oxygen atoms in total. The van der Waals surface area contributed by atoms with E-state index in [-0.39, 0.29) is 12.1 Å². The number of rotatable bonds is 4. The Morgan fingerprint density at radius 2 is 2.20 bits per heavy atom. The van der Waals surface area contributed by atoms with E-state index < -0.39 is 0 Å². The minimum Gasteiger partial charge on any atom is -0.461 e. The monoisotopic (exact) mass is 249 g/mol. The topological polar surface area (TPSA) is 53.9 Å². The lowest BCUT2D eigenvalue weighted by atomic mass is 10.7. The predicted octanol–water partition coefficient (Wildman–Crippen LogP) is 1.74. The third-order valence-electron chi connectivity index (χ3n) is 1.25. The van der Waals surface area contributed by atoms with Gasteiger partial charge in [0.25, 0.3) is 6.02 Å². The summed E-state index contributed by atoms with van der Waals surface area (Å²) in [6.07, 6.45) is 5.20. The van der Waals surface area contributed by atoms with Crippen molar-refractivity contribution in [3.05, 3.63) is 12.7 Å². The average molecular weight is 249 g/mol. The summed E-state index contributed by atoms with van der Waals surface area (Å²) in [5.41, 5.74) is 0. The average Bonchev–Trinajstić information content (AvgIpc) is 2.25. The van der Waals surface area contributed by atoms with Gasteiger partial charge in [-0.3, -0.25) is 5.32 Å². The highest BCUT2D eigenvalue weighted by atomic mass is 32.2. The lowest BCUT2D eigenvalue weighted by Crippen LogP contribution is -2.37. The molecular weight excluding hydrogens is 234 g/mol. The molecule has 0 rings (SSSR count). The molecule has 0 bridgehead atoms. The Morgan fingerprint density at radius 3 is 2.60 bits per heavy atom. The zero-order valence-corrected chi connectivity index (χ0v) is 10.7. The fourth-order valence-electron chi connectivity index (χ4n) is 0.672. The summed E-state index contributed by atoms with van der Waals surface area (Å²) >= 11 is 2.62. The maximum absolute atomic E-state index is 11.5. The molecule has 2 amide bonds. The lowest BCUT2D eigenvalue weighted by Gasteiger charge is -2.16. The second-order valence-corrected chi connectivity index (χ2v) is 3.87. The Balaban J connectivity index is 4.17. The first-order chi connectivity index (χ1) is 7.19. The molecule has 0 unspecified atom stereocenters. The molecule has 0 aliphatic heterocycles. The molecular formula is C8H15N3O2S2. The minimum atomic E-state index is -0.278. The zero-order chi connectivity index (χ0) is 11.7. The van der Waals surface area contributed by atoms with E-state index in [1.165, 1.54) is 27.6 Å². The van der Waals surface area contributed by atoms with Gasteiger partial charge in [-0.1, -0.05) is 12.7 Å². The molecule has 15 heavy (non-hydrogen) atoms. The first kappa shape index (κ1) is 14.2. The quantitative estimate of drug-likeness (QED) is 0.357. The summed E-state index contributed by atoms with van der Waals surface area (Å²) in [7, 11) is 1.54. The number of carbonyl (C=O) groups is 1. The van der Waals surface area contributed by atoms with Crippen LogP contribution in [0.15, 0.2) is 17.6 Å². The number of ether oxygens (including phenoxy) is 1. The van der Waals surface area contributed by atoms with Crippen LogP contribution < -0.4 is 5.32 Å². The Hall–Kier alpha value is -0.820. The second kappa shape index (κ2) is 8.49. The van der Waals surface area contributed by atoms with Crippen molar-refractivity contribution in [2.45, 2.75) is 0 Å². The number of carbonyl (C=O) groups excluding carboxylic acids is 1. The van der Waals surface area contributed by atoms with Crippen LogP contribution in [0.25, 0.3) is 0 Å². The van der Waals surface area contributed by atoms with Gasteiger partial charge >= 0.3 is 6.03 Å². The Morgan fingerprint density at radius 1 is 1.60 bits per heavy atom. The van der Waals surface area contributed by atoms with Crippen LogP contribution in [0.4, 0.5) is 4.79 Å². The molecule has 1 N–H and O–H groups in total. The fraction of sp³-hybridized carbons (Fsp3) is 0.500. The number of nitrogens with one attached hydrogen (secondary N) is 1. The number of hydrogen-bond acceptors (Lipinski definition) is 5. The van der Waals surface area contributed by atoms with Crippen molar-refractivity contribution in [1.29, 1.82) is 0 Å². The van der Waals surface area contributed by atoms with Crippen LogP contribution in [0.5, 0.6) is 0 Å². The van der Waals surface area contributed by atoms with Crippen LogP contribution in [0.1, 0.15) is 0 Å². The van der Waals surface area contributed by atoms with Gasteiger partial charge in [-0.2, -0.15) is 0 Å². The van der Waals surface area contributed by atoms with Crippen LogP contribution in [-0.4, -0.2) is 41.9 Å². The summed E-state index contributed by atoms with van der Waals surface area (Å²) in [6.45, 7) is 3.81. The van der Waals surface area contributed by atoms with Gasteiger partial charge in [0.2, 0.25) is 0 Å². The molecule has 0 fully saturated rings. The third kappa shape index (κ3) is 5.58. The SMILES string of the molecule is C=CCOC(=NC)NC(=O)N(SC)SC. The third-order valence-corrected chi connectivity index (χ3v) is 3.14. The van der Waals surface area contributed by atoms with Gasteiger partial charge in [0.1, 0.15) is 6.61 Å². The number of urea groups is 1. The minimum absolute atomic E-state index is 0.188. The van der Waals surface area contributed by atoms with Gasteiger partial charge in [0, 0.05) is 19.6 Å². The lowest BCUT2D eigenvalue weighted by molar-refractivity contribution is 0.238. The van der Waals surface area contributed by atoms with Crippen molar-refractivity contribution < 1.29 is 9.53 Å². The van der Waals surface area contributed by atoms with Crippen molar-refractivity contribution in [2.75, 3.05) is 26.2 Å². The molecule has 0 spiro atoms. The van der Waals surface area contributed by atoms with Gasteiger partial charge in [-0.25, -0.2) is 13.5 Å². The van der Waals surface area contributed by atoms with Crippen LogP contribution in [0.2, 0.25) is 0 Å². The zero-order valence-electron chi connectivity index (χ0n) is 9.02. The van der Waals surface area contributed by atoms with E-state index in [0.717, 1.165) is 0 Å². The molecule has 0 aromatic heterocycles. The summed E-state index contributed by atoms with van der Waals surface area (Å²) in [4.78, 5) is 15.3. The molecule has 0 radical (unpaired) electrons. The fourth-order valence-corrected chi connectivity index (χ4v) is 1.69. The van der Waals surface area contributed by atoms with Gasteiger partial charge in [0.05, 0.1) is 0 Å². The molecule has 0 atom stereocenters. The molecule has 0 saturated heterocycles. The first-order valence-electron chi connectivity index (χ1n) is 4.09. The van der Waals surface area contributed by atoms with Crippen molar-refractivity contribution in [1.82, 2.24) is 9.03 Å². The van der Waals surface area contributed by atoms with E-state index in [1.807, 2.05) is 12.5 Å². The molecule has 7 heteroatoms. The molecule has 0 aliphatic carbocycles. The number of aliphatic imine (C=N–C) groups is 1. The van der Waals surface area contributed by atoms with E-state index in [0.29, 0.717) is 6.61 Å². The van der Waals surface area contributed by atoms with E-state index >= 15 is 0 Å². The standard InChI is InChI=1S/C8H15N3O2S2/c1-5-6-13-7(9-2)10-8(12)11(14-3)15-4/h5H,1,6H2,2-4H3,(H,9,10,12). The maximum Gasteiger partial charge on any atom is 0.345 e. The summed E-state index contributed by atoms with van der Waals surface area (Å²) in [5, 5.41) is 2.53. The van der Waals surface area contributed by atoms with Crippen LogP contribution in [-0.2, 0) is 4.74 Å². The molecule has 0 aliphatic rings. The van der Waals surface area contributed by atoms with E-state index in [4.69, 9.17) is 4.74 Å². The molecule has 0 heterocycles. The van der Waals surface area contributed by atoms with Crippen molar-refractivity contribution >= 4 is 35.9 Å². The van der Waals surface area contributed by atoms with E-state index in [1.54, 1.807) is 13.1 Å². The molecule has 86 valence electrons. The molecule has 0 aromatic rings. The Bertz CT molecular complexity index is 242. The normalized spacial score (nSPS) is 10.7. The Labute approximate surface area is 98.6 Å². The number of hydrogen-bond donors (Lipinski definition) is 1. The van der Waals surface area contributed by atoms with E-state index in [2.05, 4.69) is 16.9 Å². The van der Waals surface area contributed by atoms with Crippen LogP contribution in [0, 0.1) is 0 Å². The number of amidine groups is 1. The van der Waals surface area contributed by atoms with Gasteiger partial charge < -0.3 is 4.74 Å². The van der Waals surface area contributed by atoms with E-state index in [9.17, 15) is 4.79 Å². The number of nitrogens with zero attached hydrogens (tertiary/aromatic N) is 2. The smallest absolute Gasteiger partial charge is 0.345 e. The highest BCUT2D eigenvalue weighted by molar-refractivity contribution is 8.12. The highest BCUT2D eigenvalue weighted by Crippen LogP contribution is 2.15. The van der Waals surface area contributed by atoms with Crippen molar-refractivity contribution in [3.8, 4) is 0 Å². The molecule has 0 saturated carbocycles. The second-order valence-electron chi connectivity index (χ2n) is 2.18. The van der Waals surface area contributed by atoms with Gasteiger partial charge in [-0.15, -0.1) is 0 Å². The highest BCUT2D eigenvalue weighted by Gasteiger charge is 2.13. The van der Waals surface area contributed by atoms with Gasteiger partial charge in [0.15, 0.2) is 0 Å². The number of amides is 2. The van der Waals surface area contributed by atoms with Crippen LogP contribution >= 0.6 is 23.9 Å². The maximum atomic E-state index is 11.5. The van der Waals surface area contributed by atoms with Crippen LogP contribution in [0.3, 0.4) is 0 Å². The largest absolute Gasteiger partial charge is 0.461 e. The Kier molecular flexibility index (Phi) is 8.02. The summed E-state index contributed by atoms with van der Waals surface area (Å²) in [5.74, 6) is 0. The molecule has 0 aromatic carbocycles. The predicted molar refractivity (Wildman–Crippen MR) is 66.9 cm³/mol.